The number of carbonyl (C=O) groups is 1. The van der Waals surface area contributed by atoms with Gasteiger partial charge in [0.1, 0.15) is 18.1 Å². The van der Waals surface area contributed by atoms with Gasteiger partial charge < -0.3 is 20.5 Å². The second kappa shape index (κ2) is 9.69. The number of benzene rings is 2. The minimum atomic E-state index is -0.0284. The van der Waals surface area contributed by atoms with E-state index in [-0.39, 0.29) is 5.91 Å². The van der Waals surface area contributed by atoms with Crippen LogP contribution in [0.3, 0.4) is 0 Å². The van der Waals surface area contributed by atoms with E-state index in [2.05, 4.69) is 19.2 Å². The Kier molecular flexibility index (Phi) is 7.29. The minimum Gasteiger partial charge on any atom is -0.494 e. The highest BCUT2D eigenvalue weighted by atomic mass is 16.5. The predicted molar refractivity (Wildman–Crippen MR) is 100 cm³/mol. The molecule has 0 aliphatic heterocycles. The molecule has 3 N–H and O–H groups in total. The number of rotatable bonds is 9. The third-order valence-corrected chi connectivity index (χ3v) is 3.82. The molecule has 5 heteroatoms. The van der Waals surface area contributed by atoms with Gasteiger partial charge in [0, 0.05) is 18.7 Å². The Morgan fingerprint density at radius 3 is 2.32 bits per heavy atom. The van der Waals surface area contributed by atoms with Crippen molar-refractivity contribution in [1.29, 1.82) is 0 Å². The van der Waals surface area contributed by atoms with Crippen LogP contribution in [0.2, 0.25) is 0 Å². The van der Waals surface area contributed by atoms with E-state index >= 15 is 0 Å². The maximum atomic E-state index is 12.0. The van der Waals surface area contributed by atoms with Gasteiger partial charge in [-0.1, -0.05) is 6.07 Å². The molecule has 0 saturated heterocycles. The molecule has 0 atom stereocenters. The van der Waals surface area contributed by atoms with Crippen molar-refractivity contribution in [2.45, 2.75) is 26.7 Å². The molecule has 2 aromatic carbocycles. The Morgan fingerprint density at radius 2 is 1.64 bits per heavy atom. The highest BCUT2D eigenvalue weighted by molar-refractivity contribution is 5.90. The molecule has 0 spiro atoms. The van der Waals surface area contributed by atoms with E-state index in [0.29, 0.717) is 32.6 Å². The van der Waals surface area contributed by atoms with Crippen LogP contribution >= 0.6 is 0 Å². The topological polar surface area (TPSA) is 73.6 Å². The maximum Gasteiger partial charge on any atom is 0.224 e. The smallest absolute Gasteiger partial charge is 0.224 e. The third kappa shape index (κ3) is 6.47. The summed E-state index contributed by atoms with van der Waals surface area (Å²) in [6, 6.07) is 13.3. The monoisotopic (exact) mass is 342 g/mol. The number of hydrogen-bond donors (Lipinski definition) is 2. The normalized spacial score (nSPS) is 10.4. The van der Waals surface area contributed by atoms with Gasteiger partial charge in [0.15, 0.2) is 0 Å². The largest absolute Gasteiger partial charge is 0.494 e. The van der Waals surface area contributed by atoms with Crippen molar-refractivity contribution in [3.63, 3.8) is 0 Å². The number of ether oxygens (including phenoxy) is 2. The summed E-state index contributed by atoms with van der Waals surface area (Å²) in [5, 5.41) is 2.87. The Morgan fingerprint density at radius 1 is 0.960 bits per heavy atom. The molecule has 0 unspecified atom stereocenters. The lowest BCUT2D eigenvalue weighted by Gasteiger charge is -2.09. The molecule has 0 fully saturated rings. The molecule has 0 bridgehead atoms. The molecule has 0 aliphatic rings. The maximum absolute atomic E-state index is 12.0. The van der Waals surface area contributed by atoms with Crippen molar-refractivity contribution in [1.82, 2.24) is 0 Å². The highest BCUT2D eigenvalue weighted by Crippen LogP contribution is 2.17. The SMILES string of the molecule is Cc1ccc(OCCCC(=O)Nc2ccc(OCCN)cc2)cc1C. The Hall–Kier alpha value is -2.53. The first kappa shape index (κ1) is 18.8. The standard InChI is InChI=1S/C20H26N2O3/c1-15-5-8-19(14-16(15)2)24-12-3-4-20(23)22-17-6-9-18(10-7-17)25-13-11-21/h5-10,14H,3-4,11-13,21H2,1-2H3,(H,22,23). The first-order valence-electron chi connectivity index (χ1n) is 8.51. The summed E-state index contributed by atoms with van der Waals surface area (Å²) in [5.41, 5.74) is 8.58. The van der Waals surface area contributed by atoms with Crippen LogP contribution in [-0.2, 0) is 4.79 Å². The summed E-state index contributed by atoms with van der Waals surface area (Å²) >= 11 is 0. The number of hydrogen-bond acceptors (Lipinski definition) is 4. The van der Waals surface area contributed by atoms with Gasteiger partial charge in [-0.25, -0.2) is 0 Å². The van der Waals surface area contributed by atoms with Gasteiger partial charge in [-0.3, -0.25) is 4.79 Å². The van der Waals surface area contributed by atoms with Crippen LogP contribution in [0, 0.1) is 13.8 Å². The molecule has 2 aromatic rings. The van der Waals surface area contributed by atoms with E-state index in [1.807, 2.05) is 42.5 Å². The fraction of sp³-hybridized carbons (Fsp3) is 0.350. The Balaban J connectivity index is 1.69. The van der Waals surface area contributed by atoms with Gasteiger partial charge in [0.25, 0.3) is 0 Å². The fourth-order valence-corrected chi connectivity index (χ4v) is 2.26. The van der Waals surface area contributed by atoms with Crippen LogP contribution in [0.15, 0.2) is 42.5 Å². The molecule has 2 rings (SSSR count). The Bertz CT molecular complexity index is 684. The van der Waals surface area contributed by atoms with Gasteiger partial charge >= 0.3 is 0 Å². The van der Waals surface area contributed by atoms with Crippen LogP contribution in [-0.4, -0.2) is 25.7 Å². The average molecular weight is 342 g/mol. The molecule has 25 heavy (non-hydrogen) atoms. The van der Waals surface area contributed by atoms with E-state index < -0.39 is 0 Å². The van der Waals surface area contributed by atoms with Gasteiger partial charge in [-0.05, 0) is 67.8 Å². The number of aryl methyl sites for hydroxylation is 2. The quantitative estimate of drug-likeness (QED) is 0.685. The van der Waals surface area contributed by atoms with Crippen LogP contribution in [0.25, 0.3) is 0 Å². The predicted octanol–water partition coefficient (Wildman–Crippen LogP) is 3.44. The highest BCUT2D eigenvalue weighted by Gasteiger charge is 2.04. The minimum absolute atomic E-state index is 0.0284. The lowest BCUT2D eigenvalue weighted by Crippen LogP contribution is -2.13. The molecule has 0 saturated carbocycles. The summed E-state index contributed by atoms with van der Waals surface area (Å²) in [6.07, 6.45) is 1.08. The molecule has 0 heterocycles. The molecule has 0 radical (unpaired) electrons. The van der Waals surface area contributed by atoms with Gasteiger partial charge in [-0.15, -0.1) is 0 Å². The molecule has 134 valence electrons. The van der Waals surface area contributed by atoms with E-state index in [0.717, 1.165) is 17.2 Å². The second-order valence-electron chi connectivity index (χ2n) is 5.91. The van der Waals surface area contributed by atoms with Crippen molar-refractivity contribution < 1.29 is 14.3 Å². The molecule has 0 aliphatic carbocycles. The lowest BCUT2D eigenvalue weighted by atomic mass is 10.1. The molecular weight excluding hydrogens is 316 g/mol. The van der Waals surface area contributed by atoms with Crippen LogP contribution in [0.5, 0.6) is 11.5 Å². The third-order valence-electron chi connectivity index (χ3n) is 3.82. The van der Waals surface area contributed by atoms with Crippen molar-refractivity contribution in [3.8, 4) is 11.5 Å². The van der Waals surface area contributed by atoms with E-state index in [4.69, 9.17) is 15.2 Å². The lowest BCUT2D eigenvalue weighted by molar-refractivity contribution is -0.116. The summed E-state index contributed by atoms with van der Waals surface area (Å²) in [4.78, 5) is 12.0. The van der Waals surface area contributed by atoms with Crippen molar-refractivity contribution in [2.24, 2.45) is 5.73 Å². The first-order valence-corrected chi connectivity index (χ1v) is 8.51. The van der Waals surface area contributed by atoms with Gasteiger partial charge in [0.2, 0.25) is 5.91 Å². The average Bonchev–Trinajstić information content (AvgIpc) is 2.61. The molecule has 1 amide bonds. The zero-order chi connectivity index (χ0) is 18.1. The van der Waals surface area contributed by atoms with Crippen molar-refractivity contribution in [2.75, 3.05) is 25.1 Å². The number of nitrogens with one attached hydrogen (secondary N) is 1. The van der Waals surface area contributed by atoms with Crippen LogP contribution < -0.4 is 20.5 Å². The number of amides is 1. The van der Waals surface area contributed by atoms with E-state index in [9.17, 15) is 4.79 Å². The molecular formula is C20H26N2O3. The number of nitrogens with two attached hydrogens (primary N) is 1. The number of anilines is 1. The van der Waals surface area contributed by atoms with Gasteiger partial charge in [-0.2, -0.15) is 0 Å². The molecule has 0 aromatic heterocycles. The summed E-state index contributed by atoms with van der Waals surface area (Å²) in [5.74, 6) is 1.56. The van der Waals surface area contributed by atoms with Crippen LogP contribution in [0.4, 0.5) is 5.69 Å². The summed E-state index contributed by atoms with van der Waals surface area (Å²) in [6.45, 7) is 5.60. The first-order chi connectivity index (χ1) is 12.1. The van der Waals surface area contributed by atoms with E-state index in [1.165, 1.54) is 11.1 Å². The summed E-state index contributed by atoms with van der Waals surface area (Å²) in [7, 11) is 0. The zero-order valence-corrected chi connectivity index (χ0v) is 14.9. The molecule has 5 nitrogen and oxygen atoms in total. The number of carbonyl (C=O) groups excluding carboxylic acids is 1. The second-order valence-corrected chi connectivity index (χ2v) is 5.91. The van der Waals surface area contributed by atoms with Crippen molar-refractivity contribution >= 4 is 11.6 Å². The van der Waals surface area contributed by atoms with Crippen molar-refractivity contribution in [3.05, 3.63) is 53.6 Å². The summed E-state index contributed by atoms with van der Waals surface area (Å²) < 4.78 is 11.1. The zero-order valence-electron chi connectivity index (χ0n) is 14.9. The van der Waals surface area contributed by atoms with Crippen LogP contribution in [0.1, 0.15) is 24.0 Å². The van der Waals surface area contributed by atoms with Gasteiger partial charge in [0.05, 0.1) is 6.61 Å². The fourth-order valence-electron chi connectivity index (χ4n) is 2.26. The Labute approximate surface area is 149 Å². The van der Waals surface area contributed by atoms with E-state index in [1.54, 1.807) is 0 Å².